The fourth-order valence-electron chi connectivity index (χ4n) is 3.64. The Morgan fingerprint density at radius 2 is 2.19 bits per heavy atom. The van der Waals surface area contributed by atoms with Crippen LogP contribution in [0.15, 0.2) is 4.99 Å². The topological polar surface area (TPSA) is 62.9 Å². The molecular formula is C16H32N4O. The number of guanidine groups is 1. The SMILES string of the molecule is CC1CCCC(CN=C(N)NCC2CCCO2)(N(C)C)C1. The number of rotatable bonds is 5. The predicted octanol–water partition coefficient (Wildman–Crippen LogP) is 1.58. The molecule has 0 amide bonds. The van der Waals surface area contributed by atoms with E-state index in [1.807, 2.05) is 0 Å². The Bertz CT molecular complexity index is 352. The molecule has 0 aromatic rings. The fraction of sp³-hybridized carbons (Fsp3) is 0.938. The average molecular weight is 296 g/mol. The van der Waals surface area contributed by atoms with Crippen LogP contribution >= 0.6 is 0 Å². The molecule has 0 spiro atoms. The van der Waals surface area contributed by atoms with E-state index in [2.05, 4.69) is 36.2 Å². The van der Waals surface area contributed by atoms with Crippen LogP contribution in [0.25, 0.3) is 0 Å². The summed E-state index contributed by atoms with van der Waals surface area (Å²) in [6.07, 6.45) is 7.64. The van der Waals surface area contributed by atoms with E-state index in [0.717, 1.165) is 38.5 Å². The van der Waals surface area contributed by atoms with Gasteiger partial charge in [0.05, 0.1) is 12.6 Å². The van der Waals surface area contributed by atoms with Gasteiger partial charge >= 0.3 is 0 Å². The van der Waals surface area contributed by atoms with E-state index in [1.165, 1.54) is 25.7 Å². The summed E-state index contributed by atoms with van der Waals surface area (Å²) < 4.78 is 5.59. The first-order valence-electron chi connectivity index (χ1n) is 8.35. The Labute approximate surface area is 129 Å². The second kappa shape index (κ2) is 7.45. The maximum Gasteiger partial charge on any atom is 0.188 e. The third kappa shape index (κ3) is 4.58. The van der Waals surface area contributed by atoms with E-state index in [4.69, 9.17) is 10.5 Å². The first kappa shape index (κ1) is 16.6. The summed E-state index contributed by atoms with van der Waals surface area (Å²) in [4.78, 5) is 6.97. The molecule has 3 N–H and O–H groups in total. The number of nitrogens with one attached hydrogen (secondary N) is 1. The first-order valence-corrected chi connectivity index (χ1v) is 8.35. The predicted molar refractivity (Wildman–Crippen MR) is 87.5 cm³/mol. The number of hydrogen-bond acceptors (Lipinski definition) is 3. The zero-order valence-corrected chi connectivity index (χ0v) is 13.9. The number of aliphatic imine (C=N–C) groups is 1. The van der Waals surface area contributed by atoms with Gasteiger partial charge in [0, 0.05) is 18.7 Å². The molecule has 2 rings (SSSR count). The molecule has 5 nitrogen and oxygen atoms in total. The van der Waals surface area contributed by atoms with Gasteiger partial charge in [-0.2, -0.15) is 0 Å². The Morgan fingerprint density at radius 3 is 2.81 bits per heavy atom. The molecule has 3 atom stereocenters. The third-order valence-electron chi connectivity index (χ3n) is 5.09. The molecule has 1 saturated carbocycles. The van der Waals surface area contributed by atoms with Gasteiger partial charge in [0.25, 0.3) is 0 Å². The highest BCUT2D eigenvalue weighted by Crippen LogP contribution is 2.35. The highest BCUT2D eigenvalue weighted by atomic mass is 16.5. The Hall–Kier alpha value is -0.810. The van der Waals surface area contributed by atoms with E-state index in [-0.39, 0.29) is 5.54 Å². The van der Waals surface area contributed by atoms with Crippen LogP contribution in [0.4, 0.5) is 0 Å². The Morgan fingerprint density at radius 1 is 1.38 bits per heavy atom. The minimum Gasteiger partial charge on any atom is -0.376 e. The highest BCUT2D eigenvalue weighted by molar-refractivity contribution is 5.77. The smallest absolute Gasteiger partial charge is 0.188 e. The first-order chi connectivity index (χ1) is 10.0. The van der Waals surface area contributed by atoms with Gasteiger partial charge < -0.3 is 20.7 Å². The van der Waals surface area contributed by atoms with Gasteiger partial charge in [-0.25, -0.2) is 0 Å². The van der Waals surface area contributed by atoms with Crippen molar-refractivity contribution in [3.8, 4) is 0 Å². The molecule has 1 aliphatic carbocycles. The lowest BCUT2D eigenvalue weighted by atomic mass is 9.75. The second-order valence-corrected chi connectivity index (χ2v) is 7.04. The third-order valence-corrected chi connectivity index (χ3v) is 5.09. The monoisotopic (exact) mass is 296 g/mol. The number of nitrogens with zero attached hydrogens (tertiary/aromatic N) is 2. The van der Waals surface area contributed by atoms with E-state index >= 15 is 0 Å². The number of ether oxygens (including phenoxy) is 1. The van der Waals surface area contributed by atoms with Crippen LogP contribution in [0.3, 0.4) is 0 Å². The van der Waals surface area contributed by atoms with Crippen LogP contribution in [0.1, 0.15) is 45.4 Å². The van der Waals surface area contributed by atoms with Crippen molar-refractivity contribution in [3.05, 3.63) is 0 Å². The summed E-state index contributed by atoms with van der Waals surface area (Å²) in [6, 6.07) is 0. The van der Waals surface area contributed by atoms with Crippen LogP contribution in [0.5, 0.6) is 0 Å². The van der Waals surface area contributed by atoms with Crippen LogP contribution < -0.4 is 11.1 Å². The van der Waals surface area contributed by atoms with Crippen LogP contribution in [0, 0.1) is 5.92 Å². The van der Waals surface area contributed by atoms with Gasteiger partial charge in [-0.15, -0.1) is 0 Å². The molecule has 0 aromatic carbocycles. The summed E-state index contributed by atoms with van der Waals surface area (Å²) in [5.41, 5.74) is 6.20. The quantitative estimate of drug-likeness (QED) is 0.597. The van der Waals surface area contributed by atoms with Crippen LogP contribution in [-0.2, 0) is 4.74 Å². The summed E-state index contributed by atoms with van der Waals surface area (Å²) in [7, 11) is 4.34. The lowest BCUT2D eigenvalue weighted by Crippen LogP contribution is -2.51. The summed E-state index contributed by atoms with van der Waals surface area (Å²) in [6.45, 7) is 4.79. The zero-order valence-electron chi connectivity index (χ0n) is 13.9. The van der Waals surface area contributed by atoms with Gasteiger partial charge in [-0.05, 0) is 45.7 Å². The van der Waals surface area contributed by atoms with Crippen LogP contribution in [0.2, 0.25) is 0 Å². The zero-order chi connectivity index (χ0) is 15.3. The Kier molecular flexibility index (Phi) is 5.88. The molecule has 1 saturated heterocycles. The molecule has 2 fully saturated rings. The lowest BCUT2D eigenvalue weighted by Gasteiger charge is -2.44. The molecule has 1 heterocycles. The van der Waals surface area contributed by atoms with E-state index in [1.54, 1.807) is 0 Å². The van der Waals surface area contributed by atoms with Crippen molar-refractivity contribution in [2.24, 2.45) is 16.6 Å². The Balaban J connectivity index is 1.86. The van der Waals surface area contributed by atoms with Crippen molar-refractivity contribution in [2.75, 3.05) is 33.8 Å². The average Bonchev–Trinajstić information content (AvgIpc) is 2.96. The van der Waals surface area contributed by atoms with Crippen molar-refractivity contribution in [1.82, 2.24) is 10.2 Å². The number of nitrogens with two attached hydrogens (primary N) is 1. The van der Waals surface area contributed by atoms with Gasteiger partial charge in [-0.3, -0.25) is 4.99 Å². The van der Waals surface area contributed by atoms with Crippen molar-refractivity contribution >= 4 is 5.96 Å². The van der Waals surface area contributed by atoms with Crippen molar-refractivity contribution < 1.29 is 4.74 Å². The second-order valence-electron chi connectivity index (χ2n) is 7.04. The standard InChI is InChI=1S/C16H32N4O/c1-13-6-4-8-16(10-13,20(2)3)12-19-15(17)18-11-14-7-5-9-21-14/h13-14H,4-12H2,1-3H3,(H3,17,18,19). The molecule has 5 heteroatoms. The number of hydrogen-bond donors (Lipinski definition) is 2. The fourth-order valence-corrected chi connectivity index (χ4v) is 3.64. The van der Waals surface area contributed by atoms with E-state index in [9.17, 15) is 0 Å². The maximum absolute atomic E-state index is 6.03. The van der Waals surface area contributed by atoms with Crippen molar-refractivity contribution in [1.29, 1.82) is 0 Å². The molecular weight excluding hydrogens is 264 g/mol. The normalized spacial score (nSPS) is 34.4. The van der Waals surface area contributed by atoms with E-state index in [0.29, 0.717) is 12.1 Å². The molecule has 21 heavy (non-hydrogen) atoms. The minimum atomic E-state index is 0.174. The molecule has 0 bridgehead atoms. The molecule has 0 radical (unpaired) electrons. The lowest BCUT2D eigenvalue weighted by molar-refractivity contribution is 0.0844. The van der Waals surface area contributed by atoms with Gasteiger partial charge in [0.1, 0.15) is 0 Å². The van der Waals surface area contributed by atoms with Gasteiger partial charge in [-0.1, -0.05) is 19.8 Å². The largest absolute Gasteiger partial charge is 0.376 e. The van der Waals surface area contributed by atoms with Crippen molar-refractivity contribution in [3.63, 3.8) is 0 Å². The van der Waals surface area contributed by atoms with E-state index < -0.39 is 0 Å². The molecule has 0 aromatic heterocycles. The molecule has 1 aliphatic heterocycles. The molecule has 122 valence electrons. The highest BCUT2D eigenvalue weighted by Gasteiger charge is 2.36. The van der Waals surface area contributed by atoms with Crippen molar-refractivity contribution in [2.45, 2.75) is 57.1 Å². The summed E-state index contributed by atoms with van der Waals surface area (Å²) in [5.74, 6) is 1.34. The number of likely N-dealkylation sites (N-methyl/N-ethyl adjacent to an activating group) is 1. The molecule has 3 unspecified atom stereocenters. The maximum atomic E-state index is 6.03. The minimum absolute atomic E-state index is 0.174. The summed E-state index contributed by atoms with van der Waals surface area (Å²) >= 11 is 0. The van der Waals surface area contributed by atoms with Crippen LogP contribution in [-0.4, -0.2) is 56.3 Å². The van der Waals surface area contributed by atoms with Gasteiger partial charge in [0.2, 0.25) is 0 Å². The summed E-state index contributed by atoms with van der Waals surface area (Å²) in [5, 5.41) is 3.22. The van der Waals surface area contributed by atoms with Gasteiger partial charge in [0.15, 0.2) is 5.96 Å². The molecule has 2 aliphatic rings.